The van der Waals surface area contributed by atoms with E-state index in [1.807, 2.05) is 60.7 Å². The molecule has 3 aromatic carbocycles. The summed E-state index contributed by atoms with van der Waals surface area (Å²) in [5.74, 6) is -0.202. The molecule has 30 heavy (non-hydrogen) atoms. The summed E-state index contributed by atoms with van der Waals surface area (Å²) in [4.78, 5) is 23.0. The highest BCUT2D eigenvalue weighted by molar-refractivity contribution is 6.11. The van der Waals surface area contributed by atoms with Gasteiger partial charge in [-0.1, -0.05) is 72.8 Å². The minimum atomic E-state index is -0.426. The number of nitro benzene ring substituents is 1. The van der Waals surface area contributed by atoms with Crippen molar-refractivity contribution >= 4 is 23.4 Å². The summed E-state index contributed by atoms with van der Waals surface area (Å²) in [7, 11) is 0. The van der Waals surface area contributed by atoms with Gasteiger partial charge in [-0.3, -0.25) is 14.9 Å². The van der Waals surface area contributed by atoms with Gasteiger partial charge in [-0.05, 0) is 30.2 Å². The van der Waals surface area contributed by atoms with E-state index in [-0.39, 0.29) is 11.6 Å². The molecule has 0 aliphatic rings. The molecule has 0 saturated heterocycles. The monoisotopic (exact) mass is 399 g/mol. The van der Waals surface area contributed by atoms with Crippen molar-refractivity contribution in [2.45, 2.75) is 12.8 Å². The summed E-state index contributed by atoms with van der Waals surface area (Å²) >= 11 is 0. The predicted octanol–water partition coefficient (Wildman–Crippen LogP) is 4.76. The Hall–Kier alpha value is -4.06. The lowest BCUT2D eigenvalue weighted by Gasteiger charge is -2.05. The molecule has 0 radical (unpaired) electrons. The Morgan fingerprint density at radius 3 is 2.27 bits per heavy atom. The molecule has 1 N–H and O–H groups in total. The molecule has 0 aromatic heterocycles. The first kappa shape index (κ1) is 20.7. The number of carbonyl (C=O) groups is 1. The zero-order valence-corrected chi connectivity index (χ0v) is 16.3. The second kappa shape index (κ2) is 10.5. The third kappa shape index (κ3) is 5.97. The highest BCUT2D eigenvalue weighted by Crippen LogP contribution is 2.19. The maximum atomic E-state index is 12.2. The minimum Gasteiger partial charge on any atom is -0.273 e. The Kier molecular flexibility index (Phi) is 7.22. The number of nitro groups is 1. The maximum Gasteiger partial charge on any atom is 0.276 e. The zero-order valence-electron chi connectivity index (χ0n) is 16.3. The van der Waals surface area contributed by atoms with Crippen LogP contribution in [0.25, 0.3) is 6.08 Å². The van der Waals surface area contributed by atoms with E-state index in [2.05, 4.69) is 10.5 Å². The fraction of sp³-hybridized carbons (Fsp3) is 0.0833. The highest BCUT2D eigenvalue weighted by Gasteiger charge is 2.10. The first-order valence-electron chi connectivity index (χ1n) is 9.51. The number of hydrazone groups is 1. The van der Waals surface area contributed by atoms with Crippen LogP contribution in [0.5, 0.6) is 0 Å². The number of nitrogens with zero attached hydrogens (tertiary/aromatic N) is 2. The summed E-state index contributed by atoms with van der Waals surface area (Å²) in [5, 5.41) is 15.5. The molecular formula is C24H21N3O3. The van der Waals surface area contributed by atoms with E-state index in [1.54, 1.807) is 30.4 Å². The number of carbonyl (C=O) groups excluding carboxylic acids is 1. The second-order valence-electron chi connectivity index (χ2n) is 6.53. The summed E-state index contributed by atoms with van der Waals surface area (Å²) in [6, 6.07) is 25.5. The van der Waals surface area contributed by atoms with Crippen LogP contribution in [0.4, 0.5) is 5.69 Å². The van der Waals surface area contributed by atoms with Gasteiger partial charge >= 0.3 is 0 Å². The fourth-order valence-corrected chi connectivity index (χ4v) is 2.85. The Morgan fingerprint density at radius 1 is 0.933 bits per heavy atom. The number of hydrogen-bond donors (Lipinski definition) is 1. The lowest BCUT2D eigenvalue weighted by Crippen LogP contribution is -2.19. The van der Waals surface area contributed by atoms with E-state index < -0.39 is 4.92 Å². The number of allylic oxidation sites excluding steroid dienone is 1. The lowest BCUT2D eigenvalue weighted by atomic mass is 10.1. The second-order valence-corrected chi connectivity index (χ2v) is 6.53. The van der Waals surface area contributed by atoms with E-state index in [0.29, 0.717) is 24.1 Å². The standard InChI is InChI=1S/C24H21N3O3/c28-24(18-15-19-9-3-1-4-10-19)26-25-22(20-11-5-2-6-12-20)17-16-21-13-7-8-14-23(21)27(29)30/h1-14,16-17H,15,18H2,(H,26,28)/b17-16+,25-22-. The number of amides is 1. The van der Waals surface area contributed by atoms with Crippen molar-refractivity contribution in [3.63, 3.8) is 0 Å². The summed E-state index contributed by atoms with van der Waals surface area (Å²) in [6.07, 6.45) is 4.22. The van der Waals surface area contributed by atoms with Crippen LogP contribution in [0, 0.1) is 10.1 Å². The first-order valence-corrected chi connectivity index (χ1v) is 9.51. The van der Waals surface area contributed by atoms with Crippen LogP contribution >= 0.6 is 0 Å². The molecule has 6 heteroatoms. The van der Waals surface area contributed by atoms with Crippen LogP contribution in [0.15, 0.2) is 96.1 Å². The summed E-state index contributed by atoms with van der Waals surface area (Å²) in [5.41, 5.74) is 5.43. The topological polar surface area (TPSA) is 84.6 Å². The molecule has 0 aliphatic carbocycles. The van der Waals surface area contributed by atoms with Crippen molar-refractivity contribution in [1.82, 2.24) is 5.43 Å². The summed E-state index contributed by atoms with van der Waals surface area (Å²) < 4.78 is 0. The average molecular weight is 399 g/mol. The number of aryl methyl sites for hydroxylation is 1. The van der Waals surface area contributed by atoms with Crippen molar-refractivity contribution in [2.75, 3.05) is 0 Å². The molecule has 0 saturated carbocycles. The SMILES string of the molecule is O=C(CCc1ccccc1)N/N=C(/C=C/c1ccccc1[N+](=O)[O-])c1ccccc1. The van der Waals surface area contributed by atoms with Gasteiger partial charge in [0.1, 0.15) is 0 Å². The van der Waals surface area contributed by atoms with E-state index in [9.17, 15) is 14.9 Å². The maximum absolute atomic E-state index is 12.2. The van der Waals surface area contributed by atoms with E-state index in [0.717, 1.165) is 11.1 Å². The number of nitrogens with one attached hydrogen (secondary N) is 1. The molecule has 3 aromatic rings. The Bertz CT molecular complexity index is 1060. The van der Waals surface area contributed by atoms with Gasteiger partial charge in [-0.2, -0.15) is 5.10 Å². The first-order chi connectivity index (χ1) is 14.6. The van der Waals surface area contributed by atoms with E-state index >= 15 is 0 Å². The molecule has 3 rings (SSSR count). The lowest BCUT2D eigenvalue weighted by molar-refractivity contribution is -0.385. The number of hydrogen-bond acceptors (Lipinski definition) is 4. The van der Waals surface area contributed by atoms with Crippen LogP contribution in [0.1, 0.15) is 23.1 Å². The molecular weight excluding hydrogens is 378 g/mol. The van der Waals surface area contributed by atoms with Gasteiger partial charge in [0.25, 0.3) is 5.69 Å². The highest BCUT2D eigenvalue weighted by atomic mass is 16.6. The smallest absolute Gasteiger partial charge is 0.273 e. The van der Waals surface area contributed by atoms with Gasteiger partial charge in [-0.15, -0.1) is 0 Å². The third-order valence-corrected chi connectivity index (χ3v) is 4.41. The molecule has 0 aliphatic heterocycles. The molecule has 150 valence electrons. The van der Waals surface area contributed by atoms with Crippen molar-refractivity contribution in [3.8, 4) is 0 Å². The summed E-state index contributed by atoms with van der Waals surface area (Å²) in [6.45, 7) is 0. The van der Waals surface area contributed by atoms with Crippen LogP contribution < -0.4 is 5.43 Å². The Balaban J connectivity index is 1.76. The van der Waals surface area contributed by atoms with Crippen molar-refractivity contribution in [1.29, 1.82) is 0 Å². The third-order valence-electron chi connectivity index (χ3n) is 4.41. The fourth-order valence-electron chi connectivity index (χ4n) is 2.85. The van der Waals surface area contributed by atoms with Crippen molar-refractivity contribution in [2.24, 2.45) is 5.10 Å². The van der Waals surface area contributed by atoms with Crippen LogP contribution in [-0.2, 0) is 11.2 Å². The van der Waals surface area contributed by atoms with Gasteiger partial charge in [-0.25, -0.2) is 5.43 Å². The van der Waals surface area contributed by atoms with Gasteiger partial charge in [0.05, 0.1) is 16.2 Å². The largest absolute Gasteiger partial charge is 0.276 e. The Morgan fingerprint density at radius 2 is 1.57 bits per heavy atom. The van der Waals surface area contributed by atoms with E-state index in [1.165, 1.54) is 6.07 Å². The van der Waals surface area contributed by atoms with Crippen molar-refractivity contribution < 1.29 is 9.72 Å². The van der Waals surface area contributed by atoms with Gasteiger partial charge < -0.3 is 0 Å². The minimum absolute atomic E-state index is 0.00746. The molecule has 0 atom stereocenters. The van der Waals surface area contributed by atoms with Crippen molar-refractivity contribution in [3.05, 3.63) is 118 Å². The normalized spacial score (nSPS) is 11.4. The molecule has 0 fully saturated rings. The molecule has 0 spiro atoms. The molecule has 0 unspecified atom stereocenters. The number of para-hydroxylation sites is 1. The van der Waals surface area contributed by atoms with Crippen LogP contribution in [0.2, 0.25) is 0 Å². The molecule has 0 bridgehead atoms. The predicted molar refractivity (Wildman–Crippen MR) is 118 cm³/mol. The van der Waals surface area contributed by atoms with Gasteiger partial charge in [0.15, 0.2) is 0 Å². The average Bonchev–Trinajstić information content (AvgIpc) is 2.79. The molecule has 1 amide bonds. The number of rotatable bonds is 8. The Labute approximate surface area is 174 Å². The molecule has 6 nitrogen and oxygen atoms in total. The van der Waals surface area contributed by atoms with E-state index in [4.69, 9.17) is 0 Å². The van der Waals surface area contributed by atoms with Gasteiger partial charge in [0, 0.05) is 18.1 Å². The number of benzene rings is 3. The van der Waals surface area contributed by atoms with Crippen LogP contribution in [0.3, 0.4) is 0 Å². The molecule has 0 heterocycles. The zero-order chi connectivity index (χ0) is 21.2. The quantitative estimate of drug-likeness (QED) is 0.337. The van der Waals surface area contributed by atoms with Gasteiger partial charge in [0.2, 0.25) is 5.91 Å². The van der Waals surface area contributed by atoms with Crippen LogP contribution in [-0.4, -0.2) is 16.5 Å².